The number of esters is 1. The van der Waals surface area contributed by atoms with E-state index in [2.05, 4.69) is 0 Å². The Morgan fingerprint density at radius 3 is 1.75 bits per heavy atom. The normalized spacial score (nSPS) is 21.8. The van der Waals surface area contributed by atoms with Gasteiger partial charge in [-0.2, -0.15) is 0 Å². The lowest BCUT2D eigenvalue weighted by atomic mass is 10.1. The molecule has 1 aliphatic carbocycles. The third-order valence-electron chi connectivity index (χ3n) is 6.95. The van der Waals surface area contributed by atoms with Crippen molar-refractivity contribution in [2.45, 2.75) is 70.5 Å². The highest BCUT2D eigenvalue weighted by Gasteiger charge is 2.49. The van der Waals surface area contributed by atoms with Gasteiger partial charge in [-0.25, -0.2) is 0 Å². The first-order valence-electron chi connectivity index (χ1n) is 11.6. The summed E-state index contributed by atoms with van der Waals surface area (Å²) >= 11 is 0. The van der Waals surface area contributed by atoms with Gasteiger partial charge in [0.05, 0.1) is 7.14 Å². The molecule has 0 aliphatic heterocycles. The van der Waals surface area contributed by atoms with Gasteiger partial charge in [-0.05, 0) is 12.8 Å². The van der Waals surface area contributed by atoms with Crippen LogP contribution in [0.5, 0.6) is 0 Å². The molecule has 0 radical (unpaired) electrons. The van der Waals surface area contributed by atoms with Gasteiger partial charge in [0.25, 0.3) is 0 Å². The molecule has 32 heavy (non-hydrogen) atoms. The van der Waals surface area contributed by atoms with Crippen LogP contribution in [0.15, 0.2) is 60.7 Å². The van der Waals surface area contributed by atoms with E-state index in [1.165, 1.54) is 6.92 Å². The summed E-state index contributed by atoms with van der Waals surface area (Å²) in [5, 5.41) is 1.62. The van der Waals surface area contributed by atoms with Gasteiger partial charge in [-0.15, -0.1) is 0 Å². The molecule has 3 atom stereocenters. The Labute approximate surface area is 192 Å². The molecular weight excluding hydrogens is 438 g/mol. The maximum Gasteiger partial charge on any atom is 0.302 e. The molecular formula is C26H36O4P2. The molecule has 6 heteroatoms. The van der Waals surface area contributed by atoms with E-state index >= 15 is 0 Å². The van der Waals surface area contributed by atoms with Crippen molar-refractivity contribution in [2.24, 2.45) is 5.92 Å². The van der Waals surface area contributed by atoms with E-state index < -0.39 is 14.3 Å². The monoisotopic (exact) mass is 474 g/mol. The first-order valence-corrected chi connectivity index (χ1v) is 15.4. The first kappa shape index (κ1) is 25.0. The number of hydrogen-bond acceptors (Lipinski definition) is 4. The third-order valence-corrected chi connectivity index (χ3v) is 15.0. The van der Waals surface area contributed by atoms with E-state index in [4.69, 9.17) is 4.74 Å². The topological polar surface area (TPSA) is 60.4 Å². The van der Waals surface area contributed by atoms with Crippen molar-refractivity contribution in [3.8, 4) is 0 Å². The number of hydrogen-bond donors (Lipinski definition) is 0. The first-order chi connectivity index (χ1) is 15.1. The second kappa shape index (κ2) is 10.1. The van der Waals surface area contributed by atoms with Crippen LogP contribution < -0.4 is 10.6 Å². The maximum absolute atomic E-state index is 14.6. The summed E-state index contributed by atoms with van der Waals surface area (Å²) in [5.74, 6) is -0.431. The lowest BCUT2D eigenvalue weighted by Crippen LogP contribution is -2.28. The molecule has 1 fully saturated rings. The standard InChI is InChI=1S/C26H36O4P2/c1-19(2)32(29,20(3)4)25-16-22(26(17-25)30-21(5)27)18-31(28,23-12-8-6-9-13-23)24-14-10-7-11-15-24/h6-15,19-20,22,25-26H,16-18H2,1-5H3/t22-,25-,26+/m0/s1. The Balaban J connectivity index is 2.01. The fourth-order valence-electron chi connectivity index (χ4n) is 5.40. The van der Waals surface area contributed by atoms with Crippen molar-refractivity contribution in [3.63, 3.8) is 0 Å². The van der Waals surface area contributed by atoms with Crippen molar-refractivity contribution in [2.75, 3.05) is 6.16 Å². The Kier molecular flexibility index (Phi) is 7.89. The van der Waals surface area contributed by atoms with Crippen LogP contribution in [0.25, 0.3) is 0 Å². The van der Waals surface area contributed by atoms with Crippen LogP contribution in [0.1, 0.15) is 47.5 Å². The smallest absolute Gasteiger partial charge is 0.302 e. The minimum absolute atomic E-state index is 0.0168. The van der Waals surface area contributed by atoms with Gasteiger partial charge in [0.1, 0.15) is 13.2 Å². The Morgan fingerprint density at radius 2 is 1.34 bits per heavy atom. The number of rotatable bonds is 8. The van der Waals surface area contributed by atoms with E-state index in [1.54, 1.807) is 0 Å². The van der Waals surface area contributed by atoms with Gasteiger partial charge >= 0.3 is 5.97 Å². The second-order valence-electron chi connectivity index (χ2n) is 9.58. The van der Waals surface area contributed by atoms with Gasteiger partial charge in [0, 0.05) is 46.6 Å². The second-order valence-corrected chi connectivity index (χ2v) is 16.8. The molecule has 2 aromatic carbocycles. The number of carbonyl (C=O) groups excluding carboxylic acids is 1. The predicted molar refractivity (Wildman–Crippen MR) is 135 cm³/mol. The van der Waals surface area contributed by atoms with Crippen molar-refractivity contribution in [1.29, 1.82) is 0 Å². The van der Waals surface area contributed by atoms with E-state index in [0.717, 1.165) is 10.6 Å². The summed E-state index contributed by atoms with van der Waals surface area (Å²) in [6, 6.07) is 19.2. The summed E-state index contributed by atoms with van der Waals surface area (Å²) in [7, 11) is -5.48. The zero-order valence-corrected chi connectivity index (χ0v) is 21.6. The largest absolute Gasteiger partial charge is 0.462 e. The van der Waals surface area contributed by atoms with Gasteiger partial charge in [-0.3, -0.25) is 4.79 Å². The van der Waals surface area contributed by atoms with Crippen molar-refractivity contribution >= 4 is 30.9 Å². The highest BCUT2D eigenvalue weighted by atomic mass is 31.2. The van der Waals surface area contributed by atoms with Gasteiger partial charge in [-0.1, -0.05) is 88.4 Å². The molecule has 0 heterocycles. The molecule has 0 amide bonds. The van der Waals surface area contributed by atoms with Crippen molar-refractivity contribution < 1.29 is 18.7 Å². The molecule has 0 bridgehead atoms. The minimum atomic E-state index is -2.96. The summed E-state index contributed by atoms with van der Waals surface area (Å²) in [5.41, 5.74) is 0.121. The molecule has 174 valence electrons. The summed E-state index contributed by atoms with van der Waals surface area (Å²) in [6.45, 7) is 9.56. The summed E-state index contributed by atoms with van der Waals surface area (Å²) in [4.78, 5) is 11.9. The van der Waals surface area contributed by atoms with Gasteiger partial charge < -0.3 is 13.9 Å². The van der Waals surface area contributed by atoms with E-state index in [1.807, 2.05) is 88.4 Å². The summed E-state index contributed by atoms with van der Waals surface area (Å²) in [6.07, 6.45) is 1.31. The highest BCUT2D eigenvalue weighted by Crippen LogP contribution is 2.65. The van der Waals surface area contributed by atoms with Crippen LogP contribution >= 0.6 is 14.3 Å². The average molecular weight is 475 g/mol. The molecule has 0 N–H and O–H groups in total. The van der Waals surface area contributed by atoms with E-state index in [9.17, 15) is 13.9 Å². The molecule has 0 aromatic heterocycles. The fraction of sp³-hybridized carbons (Fsp3) is 0.500. The minimum Gasteiger partial charge on any atom is -0.462 e. The number of benzene rings is 2. The zero-order chi connectivity index (χ0) is 23.5. The Morgan fingerprint density at radius 1 is 0.875 bits per heavy atom. The van der Waals surface area contributed by atoms with Crippen LogP contribution in [0.3, 0.4) is 0 Å². The Bertz CT molecular complexity index is 946. The lowest BCUT2D eigenvalue weighted by Gasteiger charge is -2.32. The third kappa shape index (κ3) is 4.97. The molecule has 2 aromatic rings. The maximum atomic E-state index is 14.6. The van der Waals surface area contributed by atoms with Gasteiger partial charge in [0.2, 0.25) is 0 Å². The zero-order valence-electron chi connectivity index (χ0n) is 19.8. The SMILES string of the molecule is CC(=O)O[C@@H]1C[C@@H](P(=O)(C(C)C)C(C)C)C[C@H]1CP(=O)(c1ccccc1)c1ccccc1. The van der Waals surface area contributed by atoms with Gasteiger partial charge in [0.15, 0.2) is 0 Å². The van der Waals surface area contributed by atoms with Crippen LogP contribution in [-0.4, -0.2) is 35.2 Å². The fourth-order valence-corrected chi connectivity index (χ4v) is 12.5. The molecule has 1 saturated carbocycles. The lowest BCUT2D eigenvalue weighted by molar-refractivity contribution is -0.147. The van der Waals surface area contributed by atoms with Crippen molar-refractivity contribution in [1.82, 2.24) is 0 Å². The summed E-state index contributed by atoms with van der Waals surface area (Å²) < 4.78 is 34.5. The number of ether oxygens (including phenoxy) is 1. The van der Waals surface area contributed by atoms with Crippen LogP contribution in [0.2, 0.25) is 0 Å². The van der Waals surface area contributed by atoms with Crippen molar-refractivity contribution in [3.05, 3.63) is 60.7 Å². The quantitative estimate of drug-likeness (QED) is 0.354. The predicted octanol–water partition coefficient (Wildman–Crippen LogP) is 5.89. The molecule has 0 unspecified atom stereocenters. The molecule has 0 saturated heterocycles. The molecule has 0 spiro atoms. The van der Waals surface area contributed by atoms with E-state index in [0.29, 0.717) is 19.0 Å². The molecule has 4 nitrogen and oxygen atoms in total. The van der Waals surface area contributed by atoms with Crippen LogP contribution in [-0.2, 0) is 18.7 Å². The molecule has 3 rings (SSSR count). The van der Waals surface area contributed by atoms with Crippen LogP contribution in [0, 0.1) is 5.92 Å². The number of carbonyl (C=O) groups is 1. The van der Waals surface area contributed by atoms with E-state index in [-0.39, 0.29) is 35.0 Å². The highest BCUT2D eigenvalue weighted by molar-refractivity contribution is 7.78. The Hall–Kier alpha value is -1.63. The van der Waals surface area contributed by atoms with Crippen LogP contribution in [0.4, 0.5) is 0 Å². The molecule has 1 aliphatic rings. The average Bonchev–Trinajstić information content (AvgIpc) is 3.15.